The quantitative estimate of drug-likeness (QED) is 0.623. The highest BCUT2D eigenvalue weighted by atomic mass is 16.2. The Morgan fingerprint density at radius 2 is 2.03 bits per heavy atom. The molecular formula is C26H39N7O. The Kier molecular flexibility index (Phi) is 6.25. The van der Waals surface area contributed by atoms with Crippen molar-refractivity contribution in [3.63, 3.8) is 0 Å². The molecule has 1 saturated carbocycles. The number of carbonyl (C=O) groups is 1. The largest absolute Gasteiger partial charge is 0.341 e. The molecule has 1 unspecified atom stereocenters. The van der Waals surface area contributed by atoms with Gasteiger partial charge in [0.1, 0.15) is 11.9 Å². The monoisotopic (exact) mass is 465 g/mol. The lowest BCUT2D eigenvalue weighted by Crippen LogP contribution is -2.46. The summed E-state index contributed by atoms with van der Waals surface area (Å²) in [6.45, 7) is 11.1. The number of fused-ring (bicyclic) bond motifs is 1. The van der Waals surface area contributed by atoms with Gasteiger partial charge in [-0.25, -0.2) is 4.98 Å². The van der Waals surface area contributed by atoms with Gasteiger partial charge in [-0.3, -0.25) is 9.89 Å². The molecule has 1 aliphatic heterocycles. The summed E-state index contributed by atoms with van der Waals surface area (Å²) in [5.41, 5.74) is 3.92. The van der Waals surface area contributed by atoms with Crippen molar-refractivity contribution in [2.45, 2.75) is 91.0 Å². The van der Waals surface area contributed by atoms with E-state index in [-0.39, 0.29) is 11.9 Å². The maximum Gasteiger partial charge on any atom is 0.245 e. The van der Waals surface area contributed by atoms with E-state index in [1.165, 1.54) is 30.5 Å². The molecule has 3 aliphatic rings. The predicted molar refractivity (Wildman–Crippen MR) is 135 cm³/mol. The van der Waals surface area contributed by atoms with Crippen LogP contribution in [0.15, 0.2) is 6.07 Å². The molecule has 2 aromatic rings. The van der Waals surface area contributed by atoms with Gasteiger partial charge in [0, 0.05) is 42.9 Å². The van der Waals surface area contributed by atoms with E-state index in [0.29, 0.717) is 17.3 Å². The Balaban J connectivity index is 1.39. The molecule has 0 spiro atoms. The van der Waals surface area contributed by atoms with E-state index in [4.69, 9.17) is 9.97 Å². The molecule has 2 aliphatic carbocycles. The number of likely N-dealkylation sites (N-methyl/N-ethyl adjacent to an activating group) is 1. The number of hydrogen-bond donors (Lipinski definition) is 2. The third-order valence-corrected chi connectivity index (χ3v) is 8.04. The average Bonchev–Trinajstić information content (AvgIpc) is 3.60. The maximum atomic E-state index is 13.2. The lowest BCUT2D eigenvalue weighted by atomic mass is 9.90. The number of aryl methyl sites for hydroxylation is 1. The Labute approximate surface area is 202 Å². The van der Waals surface area contributed by atoms with Crippen molar-refractivity contribution in [1.29, 1.82) is 0 Å². The zero-order valence-electron chi connectivity index (χ0n) is 21.2. The Morgan fingerprint density at radius 1 is 1.21 bits per heavy atom. The number of anilines is 3. The van der Waals surface area contributed by atoms with E-state index >= 15 is 0 Å². The van der Waals surface area contributed by atoms with Crippen LogP contribution < -0.4 is 10.2 Å². The Hall–Kier alpha value is -2.64. The molecule has 184 valence electrons. The molecule has 2 aromatic heterocycles. The van der Waals surface area contributed by atoms with E-state index in [1.807, 2.05) is 18.7 Å². The fourth-order valence-corrected chi connectivity index (χ4v) is 6.09. The second-order valence-corrected chi connectivity index (χ2v) is 11.0. The molecule has 2 N–H and O–H groups in total. The van der Waals surface area contributed by atoms with E-state index < -0.39 is 0 Å². The van der Waals surface area contributed by atoms with Crippen LogP contribution in [0.5, 0.6) is 0 Å². The first-order valence-electron chi connectivity index (χ1n) is 13.2. The summed E-state index contributed by atoms with van der Waals surface area (Å²) in [6, 6.07) is 1.98. The summed E-state index contributed by atoms with van der Waals surface area (Å²) >= 11 is 0. The first-order chi connectivity index (χ1) is 16.4. The minimum atomic E-state index is -0.171. The SMILES string of the molecule is CCN(CC)C(=O)[C@@H]1CCCN1c1nc2c(c(Nc3cc(C4CCC(C)(C)C4)[nH]n3)n1)CCC2. The molecule has 1 amide bonds. The third-order valence-electron chi connectivity index (χ3n) is 8.04. The molecule has 2 atom stereocenters. The summed E-state index contributed by atoms with van der Waals surface area (Å²) < 4.78 is 0. The second kappa shape index (κ2) is 9.19. The van der Waals surface area contributed by atoms with Crippen LogP contribution in [0.2, 0.25) is 0 Å². The number of aromatic amines is 1. The zero-order chi connectivity index (χ0) is 23.9. The van der Waals surface area contributed by atoms with Crippen molar-refractivity contribution >= 4 is 23.5 Å². The fourth-order valence-electron chi connectivity index (χ4n) is 6.09. The zero-order valence-corrected chi connectivity index (χ0v) is 21.2. The van der Waals surface area contributed by atoms with E-state index in [1.54, 1.807) is 0 Å². The van der Waals surface area contributed by atoms with Gasteiger partial charge in [0.05, 0.1) is 5.69 Å². The lowest BCUT2D eigenvalue weighted by Gasteiger charge is -2.29. The number of hydrogen-bond acceptors (Lipinski definition) is 6. The van der Waals surface area contributed by atoms with E-state index in [0.717, 1.165) is 69.1 Å². The first kappa shape index (κ1) is 23.1. The molecule has 8 nitrogen and oxygen atoms in total. The van der Waals surface area contributed by atoms with Gasteiger partial charge in [0.2, 0.25) is 11.9 Å². The van der Waals surface area contributed by atoms with Crippen LogP contribution in [0.1, 0.15) is 89.1 Å². The van der Waals surface area contributed by atoms with Crippen LogP contribution in [-0.2, 0) is 17.6 Å². The van der Waals surface area contributed by atoms with Crippen molar-refractivity contribution in [3.05, 3.63) is 23.0 Å². The molecule has 1 saturated heterocycles. The van der Waals surface area contributed by atoms with Gasteiger partial charge in [0.25, 0.3) is 0 Å². The van der Waals surface area contributed by atoms with E-state index in [2.05, 4.69) is 40.3 Å². The summed E-state index contributed by atoms with van der Waals surface area (Å²) in [6.07, 6.45) is 8.54. The standard InChI is InChI=1S/C26H39N7O/c1-5-32(6-2)24(34)21-11-8-14-33(21)25-27-19-10-7-9-18(19)23(29-25)28-22-15-20(30-31-22)17-12-13-26(3,4)16-17/h15,17,21H,5-14,16H2,1-4H3,(H2,27,28,29,30,31)/t17?,21-/m0/s1. The number of nitrogens with zero attached hydrogens (tertiary/aromatic N) is 5. The molecule has 0 radical (unpaired) electrons. The summed E-state index contributed by atoms with van der Waals surface area (Å²) in [5, 5.41) is 11.4. The molecule has 34 heavy (non-hydrogen) atoms. The molecule has 8 heteroatoms. The first-order valence-corrected chi connectivity index (χ1v) is 13.2. The number of nitrogens with one attached hydrogen (secondary N) is 2. The van der Waals surface area contributed by atoms with Crippen molar-refractivity contribution in [3.8, 4) is 0 Å². The van der Waals surface area contributed by atoms with Gasteiger partial charge < -0.3 is 15.1 Å². The van der Waals surface area contributed by atoms with Crippen LogP contribution in [0, 0.1) is 5.41 Å². The topological polar surface area (TPSA) is 90.0 Å². The summed E-state index contributed by atoms with van der Waals surface area (Å²) in [7, 11) is 0. The highest BCUT2D eigenvalue weighted by molar-refractivity contribution is 5.85. The molecule has 0 aromatic carbocycles. The maximum absolute atomic E-state index is 13.2. The smallest absolute Gasteiger partial charge is 0.245 e. The van der Waals surface area contributed by atoms with Gasteiger partial charge in [0.15, 0.2) is 5.82 Å². The predicted octanol–water partition coefficient (Wildman–Crippen LogP) is 4.56. The number of aromatic nitrogens is 4. The Morgan fingerprint density at radius 3 is 2.76 bits per heavy atom. The molecule has 3 heterocycles. The van der Waals surface area contributed by atoms with Gasteiger partial charge >= 0.3 is 0 Å². The third kappa shape index (κ3) is 4.39. The lowest BCUT2D eigenvalue weighted by molar-refractivity contribution is -0.132. The number of amides is 1. The van der Waals surface area contributed by atoms with E-state index in [9.17, 15) is 4.79 Å². The highest BCUT2D eigenvalue weighted by Gasteiger charge is 2.36. The summed E-state index contributed by atoms with van der Waals surface area (Å²) in [5.74, 6) is 3.08. The highest BCUT2D eigenvalue weighted by Crippen LogP contribution is 2.45. The Bertz CT molecular complexity index is 1040. The van der Waals surface area contributed by atoms with Crippen molar-refractivity contribution in [2.75, 3.05) is 29.9 Å². The molecule has 0 bridgehead atoms. The fraction of sp³-hybridized carbons (Fsp3) is 0.692. The minimum absolute atomic E-state index is 0.171. The van der Waals surface area contributed by atoms with Gasteiger partial charge in [-0.1, -0.05) is 13.8 Å². The number of rotatable bonds is 7. The van der Waals surface area contributed by atoms with Crippen LogP contribution in [0.25, 0.3) is 0 Å². The van der Waals surface area contributed by atoms with Crippen LogP contribution in [0.4, 0.5) is 17.6 Å². The van der Waals surface area contributed by atoms with Crippen LogP contribution >= 0.6 is 0 Å². The van der Waals surface area contributed by atoms with Crippen molar-refractivity contribution in [1.82, 2.24) is 25.1 Å². The molecule has 5 rings (SSSR count). The molecular weight excluding hydrogens is 426 g/mol. The van der Waals surface area contributed by atoms with Gasteiger partial charge in [-0.2, -0.15) is 10.1 Å². The van der Waals surface area contributed by atoms with Crippen molar-refractivity contribution < 1.29 is 4.79 Å². The normalized spacial score (nSPS) is 23.4. The van der Waals surface area contributed by atoms with Crippen LogP contribution in [-0.4, -0.2) is 56.6 Å². The second-order valence-electron chi connectivity index (χ2n) is 11.0. The average molecular weight is 466 g/mol. The minimum Gasteiger partial charge on any atom is -0.341 e. The van der Waals surface area contributed by atoms with Crippen LogP contribution in [0.3, 0.4) is 0 Å². The number of H-pyrrole nitrogens is 1. The summed E-state index contributed by atoms with van der Waals surface area (Å²) in [4.78, 5) is 27.1. The molecule has 2 fully saturated rings. The van der Waals surface area contributed by atoms with Crippen molar-refractivity contribution in [2.24, 2.45) is 5.41 Å². The number of carbonyl (C=O) groups excluding carboxylic acids is 1. The van der Waals surface area contributed by atoms with Gasteiger partial charge in [-0.05, 0) is 70.6 Å². The van der Waals surface area contributed by atoms with Gasteiger partial charge in [-0.15, -0.1) is 0 Å².